The number of carbonyl (C=O) groups excluding carboxylic acids is 1. The fourth-order valence-corrected chi connectivity index (χ4v) is 1.55. The first-order chi connectivity index (χ1) is 7.65. The Hall–Kier alpha value is -1.76. The summed E-state index contributed by atoms with van der Waals surface area (Å²) in [5.74, 6) is 4.46. The van der Waals surface area contributed by atoms with E-state index in [1.165, 1.54) is 7.11 Å². The Morgan fingerprint density at radius 1 is 1.44 bits per heavy atom. The van der Waals surface area contributed by atoms with Crippen LogP contribution in [0.3, 0.4) is 0 Å². The lowest BCUT2D eigenvalue weighted by atomic mass is 10.1. The number of carboxylic acids is 1. The Kier molecular flexibility index (Phi) is 4.59. The van der Waals surface area contributed by atoms with E-state index >= 15 is 0 Å². The first kappa shape index (κ1) is 12.3. The number of hydrogen-bond acceptors (Lipinski definition) is 3. The number of carboxylic acid groups (broad SMARTS) is 1. The molecule has 4 nitrogen and oxygen atoms in total. The molecule has 0 aliphatic heterocycles. The van der Waals surface area contributed by atoms with Crippen molar-refractivity contribution in [3.63, 3.8) is 0 Å². The van der Waals surface area contributed by atoms with E-state index in [1.807, 2.05) is 0 Å². The van der Waals surface area contributed by atoms with E-state index in [4.69, 9.17) is 5.11 Å². The number of ether oxygens (including phenoxy) is 1. The van der Waals surface area contributed by atoms with Gasteiger partial charge in [-0.05, 0) is 19.3 Å². The van der Waals surface area contributed by atoms with Gasteiger partial charge in [0.15, 0.2) is 0 Å². The molecule has 0 fully saturated rings. The average molecular weight is 222 g/mol. The van der Waals surface area contributed by atoms with Gasteiger partial charge in [-0.3, -0.25) is 4.79 Å². The SMILES string of the molecule is COC(=O)CCC#CC1=C(C(=O)O)CCC1. The maximum atomic E-state index is 10.8. The Morgan fingerprint density at radius 3 is 2.81 bits per heavy atom. The summed E-state index contributed by atoms with van der Waals surface area (Å²) in [4.78, 5) is 21.6. The van der Waals surface area contributed by atoms with Gasteiger partial charge in [0.2, 0.25) is 0 Å². The van der Waals surface area contributed by atoms with E-state index in [1.54, 1.807) is 0 Å². The quantitative estimate of drug-likeness (QED) is 0.580. The second kappa shape index (κ2) is 5.96. The minimum atomic E-state index is -0.880. The van der Waals surface area contributed by atoms with Crippen LogP contribution in [-0.4, -0.2) is 24.2 Å². The minimum absolute atomic E-state index is 0.249. The molecule has 4 heteroatoms. The van der Waals surface area contributed by atoms with E-state index in [-0.39, 0.29) is 12.4 Å². The molecule has 0 aromatic rings. The number of allylic oxidation sites excluding steroid dienone is 1. The molecule has 0 unspecified atom stereocenters. The molecule has 16 heavy (non-hydrogen) atoms. The van der Waals surface area contributed by atoms with Crippen molar-refractivity contribution in [3.8, 4) is 11.8 Å². The summed E-state index contributed by atoms with van der Waals surface area (Å²) < 4.78 is 4.47. The monoisotopic (exact) mass is 222 g/mol. The zero-order valence-corrected chi connectivity index (χ0v) is 9.21. The number of carbonyl (C=O) groups is 2. The minimum Gasteiger partial charge on any atom is -0.478 e. The predicted octanol–water partition coefficient (Wildman–Crippen LogP) is 1.51. The van der Waals surface area contributed by atoms with Crippen molar-refractivity contribution in [2.75, 3.05) is 7.11 Å². The third-order valence-electron chi connectivity index (χ3n) is 2.40. The third kappa shape index (κ3) is 3.43. The van der Waals surface area contributed by atoms with Crippen molar-refractivity contribution < 1.29 is 19.4 Å². The zero-order valence-electron chi connectivity index (χ0n) is 9.21. The van der Waals surface area contributed by atoms with Gasteiger partial charge in [0.05, 0.1) is 13.5 Å². The van der Waals surface area contributed by atoms with Crippen LogP contribution in [0.1, 0.15) is 32.1 Å². The summed E-state index contributed by atoms with van der Waals surface area (Å²) in [6.07, 6.45) is 2.83. The van der Waals surface area contributed by atoms with Gasteiger partial charge in [0.1, 0.15) is 0 Å². The van der Waals surface area contributed by atoms with Crippen molar-refractivity contribution in [1.29, 1.82) is 0 Å². The number of rotatable bonds is 3. The first-order valence-corrected chi connectivity index (χ1v) is 5.16. The van der Waals surface area contributed by atoms with Gasteiger partial charge >= 0.3 is 11.9 Å². The Bertz CT molecular complexity index is 382. The largest absolute Gasteiger partial charge is 0.478 e. The van der Waals surface area contributed by atoms with Crippen LogP contribution >= 0.6 is 0 Å². The number of aliphatic carboxylic acids is 1. The van der Waals surface area contributed by atoms with Gasteiger partial charge in [0.25, 0.3) is 0 Å². The van der Waals surface area contributed by atoms with Crippen molar-refractivity contribution >= 4 is 11.9 Å². The zero-order chi connectivity index (χ0) is 12.0. The van der Waals surface area contributed by atoms with Crippen molar-refractivity contribution in [2.24, 2.45) is 0 Å². The number of hydrogen-bond donors (Lipinski definition) is 1. The molecule has 1 aliphatic carbocycles. The third-order valence-corrected chi connectivity index (χ3v) is 2.40. The highest BCUT2D eigenvalue weighted by molar-refractivity contribution is 5.89. The van der Waals surface area contributed by atoms with E-state index in [0.29, 0.717) is 24.0 Å². The highest BCUT2D eigenvalue weighted by Gasteiger charge is 2.18. The lowest BCUT2D eigenvalue weighted by Gasteiger charge is -1.94. The highest BCUT2D eigenvalue weighted by atomic mass is 16.5. The molecular weight excluding hydrogens is 208 g/mol. The molecule has 0 spiro atoms. The van der Waals surface area contributed by atoms with Crippen LogP contribution in [0.5, 0.6) is 0 Å². The van der Waals surface area contributed by atoms with Crippen LogP contribution in [0.25, 0.3) is 0 Å². The molecule has 0 atom stereocenters. The maximum absolute atomic E-state index is 10.8. The Morgan fingerprint density at radius 2 is 2.19 bits per heavy atom. The Labute approximate surface area is 94.3 Å². The molecule has 1 aliphatic rings. The van der Waals surface area contributed by atoms with E-state index < -0.39 is 5.97 Å². The number of esters is 1. The maximum Gasteiger partial charge on any atom is 0.332 e. The average Bonchev–Trinajstić information content (AvgIpc) is 2.72. The number of methoxy groups -OCH3 is 1. The predicted molar refractivity (Wildman–Crippen MR) is 57.5 cm³/mol. The molecule has 1 N–H and O–H groups in total. The summed E-state index contributed by atoms with van der Waals surface area (Å²) in [6.45, 7) is 0. The summed E-state index contributed by atoms with van der Waals surface area (Å²) >= 11 is 0. The fraction of sp³-hybridized carbons (Fsp3) is 0.500. The summed E-state index contributed by atoms with van der Waals surface area (Å²) in [7, 11) is 1.33. The fourth-order valence-electron chi connectivity index (χ4n) is 1.55. The molecule has 0 heterocycles. The molecule has 1 rings (SSSR count). The lowest BCUT2D eigenvalue weighted by Crippen LogP contribution is -1.99. The molecule has 0 aromatic heterocycles. The second-order valence-electron chi connectivity index (χ2n) is 3.49. The van der Waals surface area contributed by atoms with E-state index in [2.05, 4.69) is 16.6 Å². The van der Waals surface area contributed by atoms with Gasteiger partial charge in [-0.1, -0.05) is 11.8 Å². The summed E-state index contributed by atoms with van der Waals surface area (Å²) in [5.41, 5.74) is 1.13. The van der Waals surface area contributed by atoms with Crippen molar-refractivity contribution in [2.45, 2.75) is 32.1 Å². The van der Waals surface area contributed by atoms with Crippen molar-refractivity contribution in [1.82, 2.24) is 0 Å². The van der Waals surface area contributed by atoms with Gasteiger partial charge in [-0.15, -0.1) is 0 Å². The molecule has 0 amide bonds. The van der Waals surface area contributed by atoms with Crippen LogP contribution < -0.4 is 0 Å². The molecule has 0 aromatic carbocycles. The first-order valence-electron chi connectivity index (χ1n) is 5.16. The molecule has 0 saturated heterocycles. The molecular formula is C12H14O4. The van der Waals surface area contributed by atoms with Crippen LogP contribution in [0.15, 0.2) is 11.1 Å². The van der Waals surface area contributed by atoms with Gasteiger partial charge in [0, 0.05) is 17.6 Å². The van der Waals surface area contributed by atoms with Gasteiger partial charge < -0.3 is 9.84 Å². The van der Waals surface area contributed by atoms with Crippen LogP contribution in [0.2, 0.25) is 0 Å². The van der Waals surface area contributed by atoms with Gasteiger partial charge in [-0.25, -0.2) is 4.79 Å². The standard InChI is InChI=1S/C12H14O4/c1-16-11(13)8-3-2-5-9-6-4-7-10(9)12(14)15/h3-4,6-8H2,1H3,(H,14,15). The van der Waals surface area contributed by atoms with E-state index in [9.17, 15) is 9.59 Å². The normalized spacial score (nSPS) is 14.3. The molecule has 0 radical (unpaired) electrons. The van der Waals surface area contributed by atoms with Crippen LogP contribution in [-0.2, 0) is 14.3 Å². The molecule has 0 bridgehead atoms. The van der Waals surface area contributed by atoms with Crippen molar-refractivity contribution in [3.05, 3.63) is 11.1 Å². The van der Waals surface area contributed by atoms with Crippen LogP contribution in [0.4, 0.5) is 0 Å². The Balaban J connectivity index is 2.53. The summed E-state index contributed by atoms with van der Waals surface area (Å²) in [6, 6.07) is 0. The topological polar surface area (TPSA) is 63.6 Å². The van der Waals surface area contributed by atoms with E-state index in [0.717, 1.165) is 12.8 Å². The van der Waals surface area contributed by atoms with Crippen LogP contribution in [0, 0.1) is 11.8 Å². The second-order valence-corrected chi connectivity index (χ2v) is 3.49. The molecule has 0 saturated carbocycles. The highest BCUT2D eigenvalue weighted by Crippen LogP contribution is 2.25. The lowest BCUT2D eigenvalue weighted by molar-refractivity contribution is -0.140. The smallest absolute Gasteiger partial charge is 0.332 e. The molecule has 86 valence electrons. The summed E-state index contributed by atoms with van der Waals surface area (Å²) in [5, 5.41) is 8.87. The van der Waals surface area contributed by atoms with Gasteiger partial charge in [-0.2, -0.15) is 0 Å².